The van der Waals surface area contributed by atoms with E-state index in [0.717, 1.165) is 35.3 Å². The molecule has 2 aromatic carbocycles. The Morgan fingerprint density at radius 2 is 1.82 bits per heavy atom. The highest BCUT2D eigenvalue weighted by Gasteiger charge is 2.04. The van der Waals surface area contributed by atoms with E-state index in [2.05, 4.69) is 81.9 Å². The summed E-state index contributed by atoms with van der Waals surface area (Å²) in [5.74, 6) is 0.671. The molecule has 3 aromatic rings. The second-order valence-corrected chi connectivity index (χ2v) is 8.07. The Kier molecular flexibility index (Phi) is 9.36. The van der Waals surface area contributed by atoms with Gasteiger partial charge in [0.1, 0.15) is 11.0 Å². The highest BCUT2D eigenvalue weighted by molar-refractivity contribution is 6.31. The van der Waals surface area contributed by atoms with Gasteiger partial charge < -0.3 is 10.6 Å². The number of nitrogens with zero attached hydrogens (tertiary/aromatic N) is 3. The third kappa shape index (κ3) is 7.67. The maximum absolute atomic E-state index is 6.12. The Bertz CT molecular complexity index is 1120. The van der Waals surface area contributed by atoms with Crippen molar-refractivity contribution < 1.29 is 0 Å². The molecule has 6 heteroatoms. The minimum atomic E-state index is 0.299. The van der Waals surface area contributed by atoms with Crippen LogP contribution in [0.4, 0.5) is 0 Å². The molecule has 1 heterocycles. The summed E-state index contributed by atoms with van der Waals surface area (Å²) < 4.78 is 0. The average molecular weight is 460 g/mol. The molecule has 0 unspecified atom stereocenters. The highest BCUT2D eigenvalue weighted by atomic mass is 35.5. The average Bonchev–Trinajstić information content (AvgIpc) is 2.85. The lowest BCUT2D eigenvalue weighted by molar-refractivity contribution is 0.778. The fourth-order valence-electron chi connectivity index (χ4n) is 3.43. The van der Waals surface area contributed by atoms with Gasteiger partial charge in [-0.2, -0.15) is 0 Å². The van der Waals surface area contributed by atoms with E-state index in [4.69, 9.17) is 16.6 Å². The Balaban J connectivity index is 1.72. The lowest BCUT2D eigenvalue weighted by Gasteiger charge is -2.12. The van der Waals surface area contributed by atoms with Crippen molar-refractivity contribution >= 4 is 24.2 Å². The van der Waals surface area contributed by atoms with Gasteiger partial charge in [-0.1, -0.05) is 60.1 Å². The molecule has 0 atom stereocenters. The molecule has 0 spiro atoms. The largest absolute Gasteiger partial charge is 0.366 e. The predicted octanol–water partition coefficient (Wildman–Crippen LogP) is 5.29. The van der Waals surface area contributed by atoms with Gasteiger partial charge in [0.25, 0.3) is 0 Å². The molecule has 1 aromatic heterocycles. The van der Waals surface area contributed by atoms with Crippen molar-refractivity contribution in [3.63, 3.8) is 0 Å². The summed E-state index contributed by atoms with van der Waals surface area (Å²) in [5, 5.41) is 6.91. The Labute approximate surface area is 201 Å². The second-order valence-electron chi connectivity index (χ2n) is 7.69. The third-order valence-corrected chi connectivity index (χ3v) is 5.47. The molecule has 0 amide bonds. The van der Waals surface area contributed by atoms with Crippen LogP contribution in [0.2, 0.25) is 0 Å². The van der Waals surface area contributed by atoms with Gasteiger partial charge in [-0.25, -0.2) is 0 Å². The Hall–Kier alpha value is -3.28. The number of likely N-dealkylation sites (N-methyl/N-ethyl adjacent to an activating group) is 1. The van der Waals surface area contributed by atoms with Crippen LogP contribution in [0.5, 0.6) is 0 Å². The van der Waals surface area contributed by atoms with Crippen LogP contribution < -0.4 is 10.6 Å². The smallest absolute Gasteiger partial charge is 0.131 e. The van der Waals surface area contributed by atoms with Crippen LogP contribution in [0.3, 0.4) is 0 Å². The van der Waals surface area contributed by atoms with Crippen molar-refractivity contribution in [2.75, 3.05) is 13.6 Å². The first-order valence-electron chi connectivity index (χ1n) is 10.9. The molecule has 0 saturated carbocycles. The van der Waals surface area contributed by atoms with E-state index in [-0.39, 0.29) is 0 Å². The SMILES string of the molecule is C=N/C(Cl)=C\C(=NCc1ccc(-c2ccnc(C)c2)cc1)NCc1ccccc1CCNC. The molecular weight excluding hydrogens is 430 g/mol. The molecule has 2 N–H and O–H groups in total. The number of aryl methyl sites for hydroxylation is 1. The zero-order valence-corrected chi connectivity index (χ0v) is 19.9. The number of nitrogens with one attached hydrogen (secondary N) is 2. The second kappa shape index (κ2) is 12.7. The van der Waals surface area contributed by atoms with Crippen molar-refractivity contribution in [2.24, 2.45) is 9.98 Å². The van der Waals surface area contributed by atoms with Crippen LogP contribution >= 0.6 is 11.6 Å². The predicted molar refractivity (Wildman–Crippen MR) is 140 cm³/mol. The summed E-state index contributed by atoms with van der Waals surface area (Å²) in [6.07, 6.45) is 4.51. The van der Waals surface area contributed by atoms with Crippen molar-refractivity contribution in [2.45, 2.75) is 26.4 Å². The van der Waals surface area contributed by atoms with Gasteiger partial charge in [0, 0.05) is 24.5 Å². The van der Waals surface area contributed by atoms with Crippen molar-refractivity contribution in [1.29, 1.82) is 0 Å². The minimum Gasteiger partial charge on any atom is -0.366 e. The van der Waals surface area contributed by atoms with Gasteiger partial charge >= 0.3 is 0 Å². The summed E-state index contributed by atoms with van der Waals surface area (Å²) in [7, 11) is 1.96. The quantitative estimate of drug-likeness (QED) is 0.246. The summed E-state index contributed by atoms with van der Waals surface area (Å²) in [5.41, 5.74) is 6.96. The minimum absolute atomic E-state index is 0.299. The van der Waals surface area contributed by atoms with Gasteiger partial charge in [-0.05, 0) is 73.6 Å². The fraction of sp³-hybridized carbons (Fsp3) is 0.222. The fourth-order valence-corrected chi connectivity index (χ4v) is 3.54. The molecule has 0 aliphatic rings. The van der Waals surface area contributed by atoms with Crippen molar-refractivity contribution in [1.82, 2.24) is 15.6 Å². The maximum Gasteiger partial charge on any atom is 0.131 e. The zero-order chi connectivity index (χ0) is 23.5. The van der Waals surface area contributed by atoms with Gasteiger partial charge in [-0.3, -0.25) is 15.0 Å². The topological polar surface area (TPSA) is 61.7 Å². The first-order chi connectivity index (χ1) is 16.1. The highest BCUT2D eigenvalue weighted by Crippen LogP contribution is 2.20. The van der Waals surface area contributed by atoms with Gasteiger partial charge in [-0.15, -0.1) is 0 Å². The number of halogens is 1. The normalized spacial score (nSPS) is 12.0. The number of aromatic nitrogens is 1. The van der Waals surface area contributed by atoms with E-state index in [0.29, 0.717) is 24.1 Å². The lowest BCUT2D eigenvalue weighted by atomic mass is 10.0. The van der Waals surface area contributed by atoms with Crippen molar-refractivity contribution in [3.8, 4) is 11.1 Å². The maximum atomic E-state index is 6.12. The standard InChI is InChI=1S/C27H30ClN5/c1-20-16-24(13-15-31-20)23-10-8-21(9-11-23)18-32-27(17-26(28)30-3)33-19-25-7-5-4-6-22(25)12-14-29-2/h4-11,13,15-17,29H,3,12,14,18-19H2,1-2H3,(H,32,33)/b26-17-. The molecule has 0 aliphatic heterocycles. The number of pyridine rings is 1. The molecule has 0 saturated heterocycles. The molecule has 0 fully saturated rings. The van der Waals surface area contributed by atoms with Crippen LogP contribution in [0.15, 0.2) is 88.1 Å². The zero-order valence-electron chi connectivity index (χ0n) is 19.2. The van der Waals surface area contributed by atoms with Crippen LogP contribution in [0.1, 0.15) is 22.4 Å². The van der Waals surface area contributed by atoms with Crippen LogP contribution in [-0.4, -0.2) is 31.1 Å². The molecule has 5 nitrogen and oxygen atoms in total. The van der Waals surface area contributed by atoms with Gasteiger partial charge in [0.05, 0.1) is 6.54 Å². The number of benzene rings is 2. The summed E-state index contributed by atoms with van der Waals surface area (Å²) in [6, 6.07) is 20.9. The molecule has 0 bridgehead atoms. The molecule has 0 aliphatic carbocycles. The Morgan fingerprint density at radius 1 is 1.06 bits per heavy atom. The van der Waals surface area contributed by atoms with Gasteiger partial charge in [0.15, 0.2) is 0 Å². The molecular formula is C27H30ClN5. The lowest BCUT2D eigenvalue weighted by Crippen LogP contribution is -2.22. The van der Waals surface area contributed by atoms with E-state index in [9.17, 15) is 0 Å². The number of rotatable bonds is 10. The molecule has 0 radical (unpaired) electrons. The third-order valence-electron chi connectivity index (χ3n) is 5.25. The van der Waals surface area contributed by atoms with E-state index < -0.39 is 0 Å². The number of aliphatic imine (C=N–C) groups is 2. The van der Waals surface area contributed by atoms with Crippen LogP contribution in [0.25, 0.3) is 11.1 Å². The number of amidine groups is 1. The van der Waals surface area contributed by atoms with E-state index in [1.807, 2.05) is 26.2 Å². The monoisotopic (exact) mass is 459 g/mol. The van der Waals surface area contributed by atoms with Crippen LogP contribution in [0, 0.1) is 6.92 Å². The van der Waals surface area contributed by atoms with E-state index in [1.165, 1.54) is 11.1 Å². The van der Waals surface area contributed by atoms with E-state index >= 15 is 0 Å². The Morgan fingerprint density at radius 3 is 2.52 bits per heavy atom. The first-order valence-corrected chi connectivity index (χ1v) is 11.3. The van der Waals surface area contributed by atoms with Crippen molar-refractivity contribution in [3.05, 3.63) is 100 Å². The summed E-state index contributed by atoms with van der Waals surface area (Å²) >= 11 is 6.12. The summed E-state index contributed by atoms with van der Waals surface area (Å²) in [6.45, 7) is 7.60. The number of hydrogen-bond donors (Lipinski definition) is 2. The first kappa shape index (κ1) is 24.4. The van der Waals surface area contributed by atoms with Gasteiger partial charge in [0.2, 0.25) is 0 Å². The van der Waals surface area contributed by atoms with E-state index in [1.54, 1.807) is 6.08 Å². The molecule has 33 heavy (non-hydrogen) atoms. The summed E-state index contributed by atoms with van der Waals surface area (Å²) in [4.78, 5) is 12.8. The molecule has 3 rings (SSSR count). The molecule has 170 valence electrons. The number of hydrogen-bond acceptors (Lipinski definition) is 4. The van der Waals surface area contributed by atoms with Crippen LogP contribution in [-0.2, 0) is 19.5 Å².